The molecule has 7 heteroatoms. The molecule has 0 bridgehead atoms. The molecule has 0 amide bonds. The number of benzene rings is 1. The number of anilines is 1. The summed E-state index contributed by atoms with van der Waals surface area (Å²) in [4.78, 5) is 11.0. The van der Waals surface area contributed by atoms with Gasteiger partial charge in [-0.05, 0) is 25.1 Å². The molecule has 0 unspecified atom stereocenters. The predicted octanol–water partition coefficient (Wildman–Crippen LogP) is 0.755. The fraction of sp³-hybridized carbons (Fsp3) is 0.417. The molecule has 1 aromatic rings. The topological polar surface area (TPSA) is 95.7 Å². The first-order valence-electron chi connectivity index (χ1n) is 5.66. The summed E-state index contributed by atoms with van der Waals surface area (Å²) in [7, 11) is -2.47. The van der Waals surface area contributed by atoms with E-state index in [1.807, 2.05) is 0 Å². The van der Waals surface area contributed by atoms with Crippen LogP contribution in [0.5, 0.6) is 5.75 Å². The van der Waals surface area contributed by atoms with E-state index in [-0.39, 0.29) is 5.75 Å². The Morgan fingerprint density at radius 3 is 2.63 bits per heavy atom. The van der Waals surface area contributed by atoms with E-state index in [1.165, 1.54) is 6.07 Å². The van der Waals surface area contributed by atoms with Gasteiger partial charge in [0.05, 0.1) is 19.5 Å². The molecule has 0 atom stereocenters. The van der Waals surface area contributed by atoms with E-state index in [0.717, 1.165) is 7.11 Å². The highest BCUT2D eigenvalue weighted by Gasteiger charge is 2.20. The maximum atomic E-state index is 11.8. The molecule has 19 heavy (non-hydrogen) atoms. The van der Waals surface area contributed by atoms with Crippen molar-refractivity contribution in [2.75, 3.05) is 25.2 Å². The standard InChI is InChI=1S/C12H17NO5S/c1-3-18-11-5-4-10(13)6-9(11)7-19(15,16)8-12(14)17-2/h4-6H,3,7-8,13H2,1-2H3. The zero-order valence-corrected chi connectivity index (χ0v) is 11.7. The molecule has 0 saturated carbocycles. The molecular weight excluding hydrogens is 270 g/mol. The molecule has 2 N–H and O–H groups in total. The second-order valence-corrected chi connectivity index (χ2v) is 5.97. The van der Waals surface area contributed by atoms with Crippen LogP contribution in [0.3, 0.4) is 0 Å². The Kier molecular flexibility index (Phi) is 5.17. The van der Waals surface area contributed by atoms with Crippen molar-refractivity contribution in [3.63, 3.8) is 0 Å². The normalized spacial score (nSPS) is 11.1. The third kappa shape index (κ3) is 4.78. The van der Waals surface area contributed by atoms with Crippen LogP contribution in [0.25, 0.3) is 0 Å². The van der Waals surface area contributed by atoms with E-state index in [2.05, 4.69) is 4.74 Å². The highest BCUT2D eigenvalue weighted by atomic mass is 32.2. The van der Waals surface area contributed by atoms with Crippen molar-refractivity contribution in [2.24, 2.45) is 0 Å². The Morgan fingerprint density at radius 2 is 2.05 bits per heavy atom. The van der Waals surface area contributed by atoms with E-state index in [9.17, 15) is 13.2 Å². The van der Waals surface area contributed by atoms with Gasteiger partial charge in [-0.1, -0.05) is 0 Å². The van der Waals surface area contributed by atoms with Crippen LogP contribution in [-0.4, -0.2) is 33.9 Å². The van der Waals surface area contributed by atoms with Crippen molar-refractivity contribution in [3.05, 3.63) is 23.8 Å². The molecule has 0 saturated heterocycles. The van der Waals surface area contributed by atoms with Gasteiger partial charge < -0.3 is 15.2 Å². The van der Waals surface area contributed by atoms with E-state index in [1.54, 1.807) is 19.1 Å². The van der Waals surface area contributed by atoms with Crippen LogP contribution in [0.15, 0.2) is 18.2 Å². The smallest absolute Gasteiger partial charge is 0.320 e. The molecule has 1 aromatic carbocycles. The molecule has 0 heterocycles. The Balaban J connectivity index is 2.97. The van der Waals surface area contributed by atoms with Crippen molar-refractivity contribution < 1.29 is 22.7 Å². The number of ether oxygens (including phenoxy) is 2. The molecule has 0 fully saturated rings. The minimum Gasteiger partial charge on any atom is -0.494 e. The molecule has 0 spiro atoms. The summed E-state index contributed by atoms with van der Waals surface area (Å²) >= 11 is 0. The first kappa shape index (κ1) is 15.3. The van der Waals surface area contributed by atoms with Gasteiger partial charge in [-0.15, -0.1) is 0 Å². The van der Waals surface area contributed by atoms with Crippen molar-refractivity contribution in [2.45, 2.75) is 12.7 Å². The minimum atomic E-state index is -3.61. The van der Waals surface area contributed by atoms with Gasteiger partial charge in [-0.2, -0.15) is 0 Å². The van der Waals surface area contributed by atoms with E-state index < -0.39 is 21.6 Å². The summed E-state index contributed by atoms with van der Waals surface area (Å²) < 4.78 is 33.4. The highest BCUT2D eigenvalue weighted by Crippen LogP contribution is 2.24. The molecule has 106 valence electrons. The highest BCUT2D eigenvalue weighted by molar-refractivity contribution is 7.91. The lowest BCUT2D eigenvalue weighted by Crippen LogP contribution is -2.19. The van der Waals surface area contributed by atoms with Crippen molar-refractivity contribution in [1.82, 2.24) is 0 Å². The van der Waals surface area contributed by atoms with Gasteiger partial charge in [-0.3, -0.25) is 4.79 Å². The number of carbonyl (C=O) groups excluding carboxylic acids is 1. The summed E-state index contributed by atoms with van der Waals surface area (Å²) in [5.74, 6) is -1.32. The quantitative estimate of drug-likeness (QED) is 0.613. The predicted molar refractivity (Wildman–Crippen MR) is 71.5 cm³/mol. The lowest BCUT2D eigenvalue weighted by atomic mass is 10.2. The monoisotopic (exact) mass is 287 g/mol. The molecule has 0 aliphatic carbocycles. The van der Waals surface area contributed by atoms with Gasteiger partial charge in [0.15, 0.2) is 9.84 Å². The average molecular weight is 287 g/mol. The van der Waals surface area contributed by atoms with E-state index >= 15 is 0 Å². The Hall–Kier alpha value is -1.76. The molecule has 0 aliphatic heterocycles. The third-order valence-electron chi connectivity index (χ3n) is 2.33. The van der Waals surface area contributed by atoms with E-state index in [0.29, 0.717) is 23.6 Å². The zero-order chi connectivity index (χ0) is 14.5. The van der Waals surface area contributed by atoms with Gasteiger partial charge in [0, 0.05) is 11.3 Å². The second-order valence-electron chi connectivity index (χ2n) is 3.91. The Bertz CT molecular complexity index is 553. The SMILES string of the molecule is CCOc1ccc(N)cc1CS(=O)(=O)CC(=O)OC. The van der Waals surface area contributed by atoms with Crippen molar-refractivity contribution >= 4 is 21.5 Å². The van der Waals surface area contributed by atoms with Crippen LogP contribution in [0.2, 0.25) is 0 Å². The average Bonchev–Trinajstić information content (AvgIpc) is 2.31. The van der Waals surface area contributed by atoms with Gasteiger partial charge in [0.2, 0.25) is 0 Å². The largest absolute Gasteiger partial charge is 0.494 e. The van der Waals surface area contributed by atoms with Crippen LogP contribution in [0.4, 0.5) is 5.69 Å². The lowest BCUT2D eigenvalue weighted by Gasteiger charge is -2.11. The third-order valence-corrected chi connectivity index (χ3v) is 3.75. The van der Waals surface area contributed by atoms with Gasteiger partial charge in [-0.25, -0.2) is 8.42 Å². The molecule has 1 rings (SSSR count). The first-order chi connectivity index (χ1) is 8.88. The number of nitrogens with two attached hydrogens (primary N) is 1. The summed E-state index contributed by atoms with van der Waals surface area (Å²) in [6, 6.07) is 4.77. The van der Waals surface area contributed by atoms with Crippen molar-refractivity contribution in [1.29, 1.82) is 0 Å². The minimum absolute atomic E-state index is 0.317. The summed E-state index contributed by atoms with van der Waals surface area (Å²) in [6.45, 7) is 2.21. The molecular formula is C12H17NO5S. The summed E-state index contributed by atoms with van der Waals surface area (Å²) in [5, 5.41) is 0. The zero-order valence-electron chi connectivity index (χ0n) is 10.9. The lowest BCUT2D eigenvalue weighted by molar-refractivity contribution is -0.137. The molecule has 0 aliphatic rings. The first-order valence-corrected chi connectivity index (χ1v) is 7.48. The number of nitrogen functional groups attached to an aromatic ring is 1. The van der Waals surface area contributed by atoms with E-state index in [4.69, 9.17) is 10.5 Å². The van der Waals surface area contributed by atoms with Crippen LogP contribution in [0.1, 0.15) is 12.5 Å². The number of methoxy groups -OCH3 is 1. The Morgan fingerprint density at radius 1 is 1.37 bits per heavy atom. The number of hydrogen-bond acceptors (Lipinski definition) is 6. The molecule has 6 nitrogen and oxygen atoms in total. The van der Waals surface area contributed by atoms with Crippen LogP contribution in [-0.2, 0) is 25.1 Å². The number of sulfone groups is 1. The van der Waals surface area contributed by atoms with Crippen LogP contribution in [0, 0.1) is 0 Å². The van der Waals surface area contributed by atoms with Gasteiger partial charge in [0.25, 0.3) is 0 Å². The maximum absolute atomic E-state index is 11.8. The summed E-state index contributed by atoms with van der Waals surface area (Å²) in [6.07, 6.45) is 0. The van der Waals surface area contributed by atoms with Gasteiger partial charge >= 0.3 is 5.97 Å². The summed E-state index contributed by atoms with van der Waals surface area (Å²) in [5.41, 5.74) is 6.50. The fourth-order valence-electron chi connectivity index (χ4n) is 1.53. The molecule has 0 radical (unpaired) electrons. The molecule has 0 aromatic heterocycles. The van der Waals surface area contributed by atoms with Crippen LogP contribution < -0.4 is 10.5 Å². The van der Waals surface area contributed by atoms with Gasteiger partial charge in [0.1, 0.15) is 11.5 Å². The second kappa shape index (κ2) is 6.42. The van der Waals surface area contributed by atoms with Crippen molar-refractivity contribution in [3.8, 4) is 5.75 Å². The number of esters is 1. The number of hydrogen-bond donors (Lipinski definition) is 1. The number of carbonyl (C=O) groups is 1. The number of rotatable bonds is 6. The Labute approximate surface area is 112 Å². The fourth-order valence-corrected chi connectivity index (χ4v) is 2.81. The van der Waals surface area contributed by atoms with Crippen LogP contribution >= 0.6 is 0 Å². The maximum Gasteiger partial charge on any atom is 0.320 e.